The molecule has 0 aromatic heterocycles. The van der Waals surface area contributed by atoms with Crippen LogP contribution in [0.5, 0.6) is 0 Å². The van der Waals surface area contributed by atoms with Gasteiger partial charge in [-0.25, -0.2) is 0 Å². The van der Waals surface area contributed by atoms with E-state index in [-0.39, 0.29) is 0 Å². The number of nitrogens with two attached hydrogens (primary N) is 1. The lowest BCUT2D eigenvalue weighted by Crippen LogP contribution is -2.44. The van der Waals surface area contributed by atoms with Gasteiger partial charge in [0, 0.05) is 12.1 Å². The molecule has 2 rings (SSSR count). The summed E-state index contributed by atoms with van der Waals surface area (Å²) < 4.78 is 0. The van der Waals surface area contributed by atoms with Crippen molar-refractivity contribution in [2.24, 2.45) is 11.7 Å². The van der Waals surface area contributed by atoms with Crippen molar-refractivity contribution in [1.29, 1.82) is 0 Å². The van der Waals surface area contributed by atoms with Gasteiger partial charge in [0.05, 0.1) is 0 Å². The third-order valence-corrected chi connectivity index (χ3v) is 4.81. The van der Waals surface area contributed by atoms with Gasteiger partial charge in [0.25, 0.3) is 0 Å². The highest BCUT2D eigenvalue weighted by atomic mass is 15.2. The Labute approximate surface area is 118 Å². The molecule has 0 aliphatic heterocycles. The largest absolute Gasteiger partial charge is 0.330 e. The van der Waals surface area contributed by atoms with Crippen molar-refractivity contribution >= 4 is 0 Å². The summed E-state index contributed by atoms with van der Waals surface area (Å²) in [5.41, 5.74) is 7.38. The number of hydrogen-bond donors (Lipinski definition) is 1. The molecule has 1 aliphatic rings. The van der Waals surface area contributed by atoms with Crippen LogP contribution >= 0.6 is 0 Å². The molecule has 106 valence electrons. The molecule has 1 aromatic rings. The van der Waals surface area contributed by atoms with Crippen molar-refractivity contribution < 1.29 is 0 Å². The molecule has 0 bridgehead atoms. The second-order valence-corrected chi connectivity index (χ2v) is 5.91. The molecule has 1 saturated carbocycles. The van der Waals surface area contributed by atoms with Gasteiger partial charge >= 0.3 is 0 Å². The third-order valence-electron chi connectivity index (χ3n) is 4.81. The third kappa shape index (κ3) is 3.58. The molecule has 3 unspecified atom stereocenters. The first-order valence-electron chi connectivity index (χ1n) is 7.72. The summed E-state index contributed by atoms with van der Waals surface area (Å²) in [6.45, 7) is 3.15. The zero-order chi connectivity index (χ0) is 13.7. The molecule has 0 amide bonds. The summed E-state index contributed by atoms with van der Waals surface area (Å²) in [7, 11) is 2.30. The molecule has 1 aromatic carbocycles. The number of nitrogens with zero attached hydrogens (tertiary/aromatic N) is 1. The molecule has 19 heavy (non-hydrogen) atoms. The molecule has 3 atom stereocenters. The van der Waals surface area contributed by atoms with E-state index in [9.17, 15) is 0 Å². The van der Waals surface area contributed by atoms with E-state index in [1.165, 1.54) is 31.2 Å². The Hall–Kier alpha value is -0.860. The predicted octanol–water partition coefficient (Wildman–Crippen LogP) is 3.07. The van der Waals surface area contributed by atoms with Crippen LogP contribution in [0.3, 0.4) is 0 Å². The van der Waals surface area contributed by atoms with Crippen LogP contribution in [-0.2, 0) is 6.42 Å². The Morgan fingerprint density at radius 2 is 2.00 bits per heavy atom. The minimum Gasteiger partial charge on any atom is -0.330 e. The zero-order valence-electron chi connectivity index (χ0n) is 12.4. The summed E-state index contributed by atoms with van der Waals surface area (Å²) in [5.74, 6) is 0.704. The summed E-state index contributed by atoms with van der Waals surface area (Å²) in [6.07, 6.45) is 6.34. The fraction of sp³-hybridized carbons (Fsp3) is 0.647. The van der Waals surface area contributed by atoms with E-state index in [1.807, 2.05) is 0 Å². The number of likely N-dealkylation sites (N-methyl/N-ethyl adjacent to an activating group) is 1. The highest BCUT2D eigenvalue weighted by Crippen LogP contribution is 2.30. The van der Waals surface area contributed by atoms with Gasteiger partial charge in [-0.15, -0.1) is 0 Å². The van der Waals surface area contributed by atoms with Gasteiger partial charge in [-0.1, -0.05) is 43.7 Å². The maximum absolute atomic E-state index is 5.93. The maximum atomic E-state index is 5.93. The van der Waals surface area contributed by atoms with Crippen molar-refractivity contribution in [1.82, 2.24) is 4.90 Å². The molecule has 0 spiro atoms. The molecule has 2 N–H and O–H groups in total. The van der Waals surface area contributed by atoms with E-state index in [2.05, 4.69) is 49.2 Å². The van der Waals surface area contributed by atoms with E-state index in [4.69, 9.17) is 5.73 Å². The molecular formula is C17H28N2. The van der Waals surface area contributed by atoms with Crippen LogP contribution in [0.15, 0.2) is 30.3 Å². The maximum Gasteiger partial charge on any atom is 0.0136 e. The van der Waals surface area contributed by atoms with Gasteiger partial charge in [0.15, 0.2) is 0 Å². The van der Waals surface area contributed by atoms with Crippen LogP contribution in [0, 0.1) is 5.92 Å². The fourth-order valence-electron chi connectivity index (χ4n) is 3.56. The Bertz CT molecular complexity index is 363. The van der Waals surface area contributed by atoms with Crippen LogP contribution in [0.2, 0.25) is 0 Å². The predicted molar refractivity (Wildman–Crippen MR) is 82.2 cm³/mol. The fourth-order valence-corrected chi connectivity index (χ4v) is 3.56. The highest BCUT2D eigenvalue weighted by molar-refractivity contribution is 5.16. The van der Waals surface area contributed by atoms with Crippen molar-refractivity contribution in [3.05, 3.63) is 35.9 Å². The molecule has 1 aliphatic carbocycles. The van der Waals surface area contributed by atoms with E-state index in [1.54, 1.807) is 0 Å². The summed E-state index contributed by atoms with van der Waals surface area (Å²) in [6, 6.07) is 12.2. The Balaban J connectivity index is 2.00. The van der Waals surface area contributed by atoms with Crippen molar-refractivity contribution in [2.75, 3.05) is 13.6 Å². The van der Waals surface area contributed by atoms with Gasteiger partial charge in [-0.3, -0.25) is 4.90 Å². The molecule has 2 nitrogen and oxygen atoms in total. The highest BCUT2D eigenvalue weighted by Gasteiger charge is 2.32. The van der Waals surface area contributed by atoms with Crippen molar-refractivity contribution in [3.63, 3.8) is 0 Å². The number of benzene rings is 1. The average molecular weight is 260 g/mol. The molecular weight excluding hydrogens is 232 g/mol. The van der Waals surface area contributed by atoms with E-state index in [0.29, 0.717) is 18.0 Å². The molecule has 0 heterocycles. The van der Waals surface area contributed by atoms with Crippen molar-refractivity contribution in [2.45, 2.75) is 51.1 Å². The summed E-state index contributed by atoms with van der Waals surface area (Å²) in [5, 5.41) is 0. The topological polar surface area (TPSA) is 29.3 Å². The Morgan fingerprint density at radius 1 is 1.26 bits per heavy atom. The van der Waals surface area contributed by atoms with Crippen LogP contribution < -0.4 is 5.73 Å². The first kappa shape index (κ1) is 14.5. The zero-order valence-corrected chi connectivity index (χ0v) is 12.4. The normalized spacial score (nSPS) is 24.8. The number of hydrogen-bond acceptors (Lipinski definition) is 2. The minimum atomic E-state index is 0.638. The van der Waals surface area contributed by atoms with E-state index < -0.39 is 0 Å². The molecule has 0 radical (unpaired) electrons. The standard InChI is InChI=1S/C17H28N2/c1-3-16(12-14-8-5-4-6-9-14)19(2)17-11-7-10-15(17)13-18/h4-6,8-9,15-17H,3,7,10-13,18H2,1-2H3. The van der Waals surface area contributed by atoms with Gasteiger partial charge in [0.2, 0.25) is 0 Å². The average Bonchev–Trinajstić information content (AvgIpc) is 2.93. The lowest BCUT2D eigenvalue weighted by Gasteiger charge is -2.35. The monoisotopic (exact) mass is 260 g/mol. The van der Waals surface area contributed by atoms with E-state index >= 15 is 0 Å². The van der Waals surface area contributed by atoms with Gasteiger partial charge in [0.1, 0.15) is 0 Å². The van der Waals surface area contributed by atoms with Crippen LogP contribution in [0.1, 0.15) is 38.2 Å². The van der Waals surface area contributed by atoms with Gasteiger partial charge in [-0.2, -0.15) is 0 Å². The SMILES string of the molecule is CCC(Cc1ccccc1)N(C)C1CCCC1CN. The van der Waals surface area contributed by atoms with Gasteiger partial charge in [-0.05, 0) is 50.8 Å². The molecule has 0 saturated heterocycles. The van der Waals surface area contributed by atoms with Crippen molar-refractivity contribution in [3.8, 4) is 0 Å². The van der Waals surface area contributed by atoms with Crippen LogP contribution in [0.4, 0.5) is 0 Å². The lowest BCUT2D eigenvalue weighted by molar-refractivity contribution is 0.137. The molecule has 1 fully saturated rings. The van der Waals surface area contributed by atoms with Crippen LogP contribution in [0.25, 0.3) is 0 Å². The minimum absolute atomic E-state index is 0.638. The second kappa shape index (κ2) is 7.06. The number of rotatable bonds is 6. The first-order chi connectivity index (χ1) is 9.26. The quantitative estimate of drug-likeness (QED) is 0.851. The Kier molecular flexibility index (Phi) is 5.41. The lowest BCUT2D eigenvalue weighted by atomic mass is 9.97. The summed E-state index contributed by atoms with van der Waals surface area (Å²) >= 11 is 0. The van der Waals surface area contributed by atoms with Gasteiger partial charge < -0.3 is 5.73 Å². The first-order valence-corrected chi connectivity index (χ1v) is 7.72. The molecule has 2 heteroatoms. The Morgan fingerprint density at radius 3 is 2.63 bits per heavy atom. The van der Waals surface area contributed by atoms with Crippen LogP contribution in [-0.4, -0.2) is 30.6 Å². The summed E-state index contributed by atoms with van der Waals surface area (Å²) in [4.78, 5) is 2.61. The second-order valence-electron chi connectivity index (χ2n) is 5.91. The smallest absolute Gasteiger partial charge is 0.0136 e. The van der Waals surface area contributed by atoms with E-state index in [0.717, 1.165) is 13.0 Å².